The molecule has 0 heterocycles. The van der Waals surface area contributed by atoms with Crippen molar-refractivity contribution in [3.63, 3.8) is 0 Å². The Kier molecular flexibility index (Phi) is 8.31. The Bertz CT molecular complexity index is 1320. The van der Waals surface area contributed by atoms with Crippen molar-refractivity contribution in [3.05, 3.63) is 84.4 Å². The largest absolute Gasteiger partial charge is 0.428 e. The first-order chi connectivity index (χ1) is 18.2. The highest BCUT2D eigenvalue weighted by molar-refractivity contribution is 6.01. The molecule has 9 heteroatoms. The summed E-state index contributed by atoms with van der Waals surface area (Å²) >= 11 is 0. The van der Waals surface area contributed by atoms with E-state index in [1.54, 1.807) is 36.4 Å². The van der Waals surface area contributed by atoms with Crippen LogP contribution in [0.2, 0.25) is 0 Å². The number of rotatable bonds is 11. The standard InChI is InChI=1S/C29H28F3N5O/c30-29(31,32)27(34)18-26(35-22-7-4-6-21(16-22)19-33)28(38)36-23-8-5-11-25(17-23)37(15-14-20-12-13-20)24-9-2-1-3-10-24/h1-11,16-17,20,26,34-35H,12-15,18H2,(H,36,38). The zero-order valence-corrected chi connectivity index (χ0v) is 20.6. The quantitative estimate of drug-likeness (QED) is 0.241. The summed E-state index contributed by atoms with van der Waals surface area (Å²) in [6.45, 7) is 0.800. The van der Waals surface area contributed by atoms with Gasteiger partial charge in [-0.1, -0.05) is 43.2 Å². The molecule has 1 amide bonds. The second kappa shape index (κ2) is 11.8. The minimum Gasteiger partial charge on any atom is -0.373 e. The van der Waals surface area contributed by atoms with Crippen LogP contribution in [0.25, 0.3) is 0 Å². The first-order valence-corrected chi connectivity index (χ1v) is 12.4. The first-order valence-electron chi connectivity index (χ1n) is 12.4. The molecule has 3 aromatic carbocycles. The molecule has 6 nitrogen and oxygen atoms in total. The predicted octanol–water partition coefficient (Wildman–Crippen LogP) is 6.89. The molecule has 0 spiro atoms. The predicted molar refractivity (Wildman–Crippen MR) is 143 cm³/mol. The third kappa shape index (κ3) is 7.35. The summed E-state index contributed by atoms with van der Waals surface area (Å²) in [4.78, 5) is 15.4. The van der Waals surface area contributed by atoms with Gasteiger partial charge in [-0.05, 0) is 60.9 Å². The fourth-order valence-corrected chi connectivity index (χ4v) is 4.12. The first kappa shape index (κ1) is 26.7. The number of para-hydroxylation sites is 1. The maximum Gasteiger partial charge on any atom is 0.428 e. The van der Waals surface area contributed by atoms with Gasteiger partial charge < -0.3 is 20.9 Å². The summed E-state index contributed by atoms with van der Waals surface area (Å²) in [6, 6.07) is 23.7. The molecule has 1 fully saturated rings. The molecule has 196 valence electrons. The van der Waals surface area contributed by atoms with Crippen molar-refractivity contribution in [2.45, 2.75) is 37.9 Å². The molecule has 3 aromatic rings. The van der Waals surface area contributed by atoms with Crippen molar-refractivity contribution in [2.75, 3.05) is 22.1 Å². The average molecular weight is 520 g/mol. The van der Waals surface area contributed by atoms with Gasteiger partial charge in [0.2, 0.25) is 5.91 Å². The highest BCUT2D eigenvalue weighted by Crippen LogP contribution is 2.35. The molecule has 4 rings (SSSR count). The zero-order chi connectivity index (χ0) is 27.1. The van der Waals surface area contributed by atoms with E-state index in [0.29, 0.717) is 16.9 Å². The minimum atomic E-state index is -4.85. The summed E-state index contributed by atoms with van der Waals surface area (Å²) in [7, 11) is 0. The number of nitriles is 1. The highest BCUT2D eigenvalue weighted by atomic mass is 19.4. The molecule has 1 atom stereocenters. The summed E-state index contributed by atoms with van der Waals surface area (Å²) in [6.07, 6.45) is -2.22. The molecule has 0 saturated heterocycles. The van der Waals surface area contributed by atoms with Crippen LogP contribution < -0.4 is 15.5 Å². The Morgan fingerprint density at radius 1 is 1.00 bits per heavy atom. The van der Waals surface area contributed by atoms with Crippen LogP contribution in [0.15, 0.2) is 78.9 Å². The van der Waals surface area contributed by atoms with Gasteiger partial charge >= 0.3 is 6.18 Å². The number of anilines is 4. The Labute approximate surface area is 219 Å². The summed E-state index contributed by atoms with van der Waals surface area (Å²) in [5.74, 6) is 0.00201. The number of halogens is 3. The van der Waals surface area contributed by atoms with Gasteiger partial charge in [-0.3, -0.25) is 4.79 Å². The third-order valence-electron chi connectivity index (χ3n) is 6.35. The van der Waals surface area contributed by atoms with Gasteiger partial charge in [-0.25, -0.2) is 0 Å². The molecule has 0 aromatic heterocycles. The van der Waals surface area contributed by atoms with Crippen molar-refractivity contribution in [1.29, 1.82) is 10.7 Å². The van der Waals surface area contributed by atoms with E-state index in [4.69, 9.17) is 10.7 Å². The fourth-order valence-electron chi connectivity index (χ4n) is 4.12. The minimum absolute atomic E-state index is 0.292. The smallest absolute Gasteiger partial charge is 0.373 e. The molecule has 1 unspecified atom stereocenters. The maximum absolute atomic E-state index is 13.2. The number of benzene rings is 3. The van der Waals surface area contributed by atoms with Gasteiger partial charge in [0.15, 0.2) is 0 Å². The number of hydrogen-bond acceptors (Lipinski definition) is 5. The number of alkyl halides is 3. The van der Waals surface area contributed by atoms with Crippen LogP contribution in [0.3, 0.4) is 0 Å². The van der Waals surface area contributed by atoms with E-state index >= 15 is 0 Å². The topological polar surface area (TPSA) is 92.0 Å². The average Bonchev–Trinajstić information content (AvgIpc) is 3.73. The molecule has 0 bridgehead atoms. The van der Waals surface area contributed by atoms with Crippen LogP contribution in [-0.2, 0) is 4.79 Å². The van der Waals surface area contributed by atoms with Gasteiger partial charge in [-0.15, -0.1) is 0 Å². The van der Waals surface area contributed by atoms with Crippen molar-refractivity contribution < 1.29 is 18.0 Å². The molecule has 1 aliphatic rings. The fraction of sp³-hybridized carbons (Fsp3) is 0.276. The van der Waals surface area contributed by atoms with E-state index in [9.17, 15) is 18.0 Å². The van der Waals surface area contributed by atoms with Gasteiger partial charge in [-0.2, -0.15) is 18.4 Å². The molecular formula is C29H28F3N5O. The van der Waals surface area contributed by atoms with Gasteiger partial charge in [0.25, 0.3) is 0 Å². The van der Waals surface area contributed by atoms with Crippen molar-refractivity contribution in [3.8, 4) is 6.07 Å². The van der Waals surface area contributed by atoms with Gasteiger partial charge in [0.05, 0.1) is 11.6 Å². The summed E-state index contributed by atoms with van der Waals surface area (Å²) in [5.41, 5.74) is 1.36. The molecule has 0 radical (unpaired) electrons. The number of amides is 1. The van der Waals surface area contributed by atoms with Crippen LogP contribution in [-0.4, -0.2) is 30.4 Å². The SMILES string of the molecule is N#Cc1cccc(NC(CC(=N)C(F)(F)F)C(=O)Nc2cccc(N(CCC3CC3)c3ccccc3)c2)c1. The number of hydrogen-bond donors (Lipinski definition) is 3. The van der Waals surface area contributed by atoms with Crippen molar-refractivity contribution in [2.24, 2.45) is 5.92 Å². The Morgan fingerprint density at radius 2 is 1.68 bits per heavy atom. The Morgan fingerprint density at radius 3 is 2.37 bits per heavy atom. The van der Waals surface area contributed by atoms with E-state index in [2.05, 4.69) is 15.5 Å². The van der Waals surface area contributed by atoms with Crippen LogP contribution in [0.5, 0.6) is 0 Å². The van der Waals surface area contributed by atoms with Crippen molar-refractivity contribution in [1.82, 2.24) is 0 Å². The molecular weight excluding hydrogens is 491 g/mol. The molecule has 38 heavy (non-hydrogen) atoms. The van der Waals surface area contributed by atoms with E-state index in [1.165, 1.54) is 18.9 Å². The van der Waals surface area contributed by atoms with Crippen LogP contribution >= 0.6 is 0 Å². The van der Waals surface area contributed by atoms with Gasteiger partial charge in [0.1, 0.15) is 11.8 Å². The lowest BCUT2D eigenvalue weighted by atomic mass is 10.1. The summed E-state index contributed by atoms with van der Waals surface area (Å²) in [5, 5.41) is 22.1. The molecule has 0 aliphatic heterocycles. The summed E-state index contributed by atoms with van der Waals surface area (Å²) < 4.78 is 39.5. The number of carbonyl (C=O) groups excluding carboxylic acids is 1. The number of nitrogens with one attached hydrogen (secondary N) is 3. The lowest BCUT2D eigenvalue weighted by molar-refractivity contribution is -0.116. The zero-order valence-electron chi connectivity index (χ0n) is 20.6. The van der Waals surface area contributed by atoms with E-state index in [1.807, 2.05) is 42.5 Å². The third-order valence-corrected chi connectivity index (χ3v) is 6.35. The second-order valence-electron chi connectivity index (χ2n) is 9.33. The molecule has 1 saturated carbocycles. The van der Waals surface area contributed by atoms with E-state index < -0.39 is 30.3 Å². The molecule has 1 aliphatic carbocycles. The number of nitrogens with zero attached hydrogens (tertiary/aromatic N) is 2. The lowest BCUT2D eigenvalue weighted by Crippen LogP contribution is -2.39. The molecule has 3 N–H and O–H groups in total. The van der Waals surface area contributed by atoms with E-state index in [-0.39, 0.29) is 0 Å². The monoisotopic (exact) mass is 519 g/mol. The van der Waals surface area contributed by atoms with Crippen molar-refractivity contribution >= 4 is 34.4 Å². The second-order valence-corrected chi connectivity index (χ2v) is 9.33. The lowest BCUT2D eigenvalue weighted by Gasteiger charge is -2.26. The maximum atomic E-state index is 13.2. The van der Waals surface area contributed by atoms with Crippen LogP contribution in [0, 0.1) is 22.7 Å². The highest BCUT2D eigenvalue weighted by Gasteiger charge is 2.37. The van der Waals surface area contributed by atoms with E-state index in [0.717, 1.165) is 30.3 Å². The van der Waals surface area contributed by atoms with Gasteiger partial charge in [0, 0.05) is 35.7 Å². The Balaban J connectivity index is 1.55. The van der Waals surface area contributed by atoms with Crippen LogP contribution in [0.1, 0.15) is 31.2 Å². The Hall–Kier alpha value is -4.32. The normalized spacial score (nSPS) is 13.7. The van der Waals surface area contributed by atoms with Crippen LogP contribution in [0.4, 0.5) is 35.9 Å². The number of carbonyl (C=O) groups is 1.